The van der Waals surface area contributed by atoms with E-state index in [4.69, 9.17) is 4.84 Å². The quantitative estimate of drug-likeness (QED) is 0.758. The number of hydrogen-bond acceptors (Lipinski definition) is 3. The molecule has 1 spiro atoms. The van der Waals surface area contributed by atoms with E-state index in [0.717, 1.165) is 31.6 Å². The van der Waals surface area contributed by atoms with Gasteiger partial charge < -0.3 is 9.74 Å². The first-order valence-electron chi connectivity index (χ1n) is 6.59. The fourth-order valence-electron chi connectivity index (χ4n) is 2.86. The molecule has 2 aliphatic heterocycles. The van der Waals surface area contributed by atoms with Gasteiger partial charge in [0.15, 0.2) is 5.60 Å². The monoisotopic (exact) mass is 244 g/mol. The number of rotatable bonds is 1. The molecule has 3 rings (SSSR count). The van der Waals surface area contributed by atoms with Gasteiger partial charge in [0.25, 0.3) is 0 Å². The number of likely N-dealkylation sites (tertiary alicyclic amines) is 1. The molecule has 2 aliphatic rings. The van der Waals surface area contributed by atoms with Gasteiger partial charge in [-0.05, 0) is 43.7 Å². The summed E-state index contributed by atoms with van der Waals surface area (Å²) < 4.78 is 0. The van der Waals surface area contributed by atoms with Crippen LogP contribution in [0.4, 0.5) is 0 Å². The molecule has 3 heteroatoms. The summed E-state index contributed by atoms with van der Waals surface area (Å²) in [5, 5.41) is 4.34. The zero-order valence-corrected chi connectivity index (χ0v) is 11.4. The SMILES string of the molecule is Cc1ccc(C2=NOC3(CCN(C)C3)C2)cc1C. The fourth-order valence-corrected chi connectivity index (χ4v) is 2.86. The number of benzene rings is 1. The third kappa shape index (κ3) is 1.93. The van der Waals surface area contributed by atoms with Crippen molar-refractivity contribution in [3.63, 3.8) is 0 Å². The van der Waals surface area contributed by atoms with Crippen molar-refractivity contribution in [3.05, 3.63) is 34.9 Å². The lowest BCUT2D eigenvalue weighted by atomic mass is 9.92. The molecule has 0 aromatic heterocycles. The van der Waals surface area contributed by atoms with Crippen LogP contribution >= 0.6 is 0 Å². The number of hydrogen-bond donors (Lipinski definition) is 0. The molecule has 0 radical (unpaired) electrons. The lowest BCUT2D eigenvalue weighted by Crippen LogP contribution is -2.32. The Bertz CT molecular complexity index is 509. The molecular weight excluding hydrogens is 224 g/mol. The molecule has 1 aromatic rings. The van der Waals surface area contributed by atoms with E-state index in [0.29, 0.717) is 0 Å². The largest absolute Gasteiger partial charge is 0.387 e. The summed E-state index contributed by atoms with van der Waals surface area (Å²) in [6.45, 7) is 6.38. The Labute approximate surface area is 108 Å². The Hall–Kier alpha value is -1.35. The Kier molecular flexibility index (Phi) is 2.67. The second-order valence-electron chi connectivity index (χ2n) is 5.78. The van der Waals surface area contributed by atoms with Crippen molar-refractivity contribution in [2.75, 3.05) is 20.1 Å². The highest BCUT2D eigenvalue weighted by atomic mass is 16.7. The van der Waals surface area contributed by atoms with Crippen molar-refractivity contribution in [1.82, 2.24) is 4.90 Å². The van der Waals surface area contributed by atoms with Crippen LogP contribution in [0.2, 0.25) is 0 Å². The highest BCUT2D eigenvalue weighted by Crippen LogP contribution is 2.34. The van der Waals surface area contributed by atoms with E-state index in [1.165, 1.54) is 16.7 Å². The van der Waals surface area contributed by atoms with Crippen LogP contribution in [0.15, 0.2) is 23.4 Å². The van der Waals surface area contributed by atoms with E-state index < -0.39 is 0 Å². The van der Waals surface area contributed by atoms with Gasteiger partial charge in [0.2, 0.25) is 0 Å². The maximum absolute atomic E-state index is 5.76. The van der Waals surface area contributed by atoms with Crippen LogP contribution in [-0.4, -0.2) is 36.3 Å². The number of likely N-dealkylation sites (N-methyl/N-ethyl adjacent to an activating group) is 1. The molecule has 0 saturated carbocycles. The zero-order chi connectivity index (χ0) is 12.8. The molecule has 0 bridgehead atoms. The summed E-state index contributed by atoms with van der Waals surface area (Å²) in [5.74, 6) is 0. The second-order valence-corrected chi connectivity index (χ2v) is 5.78. The fraction of sp³-hybridized carbons (Fsp3) is 0.533. The topological polar surface area (TPSA) is 24.8 Å². The highest BCUT2D eigenvalue weighted by Gasteiger charge is 2.44. The Morgan fingerprint density at radius 2 is 2.11 bits per heavy atom. The van der Waals surface area contributed by atoms with E-state index in [-0.39, 0.29) is 5.60 Å². The van der Waals surface area contributed by atoms with Crippen molar-refractivity contribution in [1.29, 1.82) is 0 Å². The first-order chi connectivity index (χ1) is 8.58. The van der Waals surface area contributed by atoms with Gasteiger partial charge in [0.1, 0.15) is 0 Å². The summed E-state index contributed by atoms with van der Waals surface area (Å²) in [6.07, 6.45) is 2.03. The predicted molar refractivity (Wildman–Crippen MR) is 73.0 cm³/mol. The summed E-state index contributed by atoms with van der Waals surface area (Å²) in [6, 6.07) is 6.54. The van der Waals surface area contributed by atoms with E-state index in [1.54, 1.807) is 0 Å². The third-order valence-electron chi connectivity index (χ3n) is 4.19. The van der Waals surface area contributed by atoms with Gasteiger partial charge in [0, 0.05) is 25.9 Å². The van der Waals surface area contributed by atoms with Gasteiger partial charge in [-0.25, -0.2) is 0 Å². The Morgan fingerprint density at radius 3 is 2.78 bits per heavy atom. The zero-order valence-electron chi connectivity index (χ0n) is 11.4. The van der Waals surface area contributed by atoms with Crippen molar-refractivity contribution in [2.45, 2.75) is 32.3 Å². The lowest BCUT2D eigenvalue weighted by Gasteiger charge is -2.19. The lowest BCUT2D eigenvalue weighted by molar-refractivity contribution is -0.00837. The minimum absolute atomic E-state index is 0.0527. The molecule has 0 amide bonds. The molecule has 1 aromatic carbocycles. The molecule has 1 unspecified atom stereocenters. The minimum atomic E-state index is -0.0527. The number of nitrogens with zero attached hydrogens (tertiary/aromatic N) is 2. The summed E-state index contributed by atoms with van der Waals surface area (Å²) in [7, 11) is 2.14. The molecular formula is C15H20N2O. The Balaban J connectivity index is 1.81. The first-order valence-corrected chi connectivity index (χ1v) is 6.59. The first kappa shape index (κ1) is 11.7. The van der Waals surface area contributed by atoms with Crippen molar-refractivity contribution < 1.29 is 4.84 Å². The van der Waals surface area contributed by atoms with Crippen molar-refractivity contribution in [2.24, 2.45) is 5.16 Å². The third-order valence-corrected chi connectivity index (χ3v) is 4.19. The van der Waals surface area contributed by atoms with E-state index >= 15 is 0 Å². The second kappa shape index (κ2) is 4.09. The van der Waals surface area contributed by atoms with Gasteiger partial charge in [-0.15, -0.1) is 0 Å². The number of aryl methyl sites for hydroxylation is 2. The van der Waals surface area contributed by atoms with E-state index in [9.17, 15) is 0 Å². The van der Waals surface area contributed by atoms with Gasteiger partial charge >= 0.3 is 0 Å². The minimum Gasteiger partial charge on any atom is -0.387 e. The van der Waals surface area contributed by atoms with Crippen LogP contribution in [0.25, 0.3) is 0 Å². The molecule has 0 aliphatic carbocycles. The molecule has 3 nitrogen and oxygen atoms in total. The maximum Gasteiger partial charge on any atom is 0.157 e. The van der Waals surface area contributed by atoms with Crippen LogP contribution in [-0.2, 0) is 4.84 Å². The van der Waals surface area contributed by atoms with Gasteiger partial charge in [0.05, 0.1) is 5.71 Å². The van der Waals surface area contributed by atoms with Crippen LogP contribution in [0.1, 0.15) is 29.5 Å². The standard InChI is InChI=1S/C15H20N2O/c1-11-4-5-13(8-12(11)2)14-9-15(18-16-14)6-7-17(3)10-15/h4-5,8H,6-7,9-10H2,1-3H3. The van der Waals surface area contributed by atoms with E-state index in [2.05, 4.69) is 49.1 Å². The molecule has 1 fully saturated rings. The van der Waals surface area contributed by atoms with Crippen LogP contribution in [0.3, 0.4) is 0 Å². The predicted octanol–water partition coefficient (Wildman–Crippen LogP) is 2.50. The molecule has 96 valence electrons. The van der Waals surface area contributed by atoms with Crippen LogP contribution in [0.5, 0.6) is 0 Å². The molecule has 0 N–H and O–H groups in total. The molecule has 1 saturated heterocycles. The molecule has 2 heterocycles. The molecule has 18 heavy (non-hydrogen) atoms. The van der Waals surface area contributed by atoms with Crippen molar-refractivity contribution >= 4 is 5.71 Å². The maximum atomic E-state index is 5.76. The highest BCUT2D eigenvalue weighted by molar-refractivity contribution is 6.01. The average molecular weight is 244 g/mol. The van der Waals surface area contributed by atoms with Crippen molar-refractivity contribution in [3.8, 4) is 0 Å². The Morgan fingerprint density at radius 1 is 1.28 bits per heavy atom. The molecule has 1 atom stereocenters. The summed E-state index contributed by atoms with van der Waals surface area (Å²) in [4.78, 5) is 8.07. The van der Waals surface area contributed by atoms with Crippen LogP contribution < -0.4 is 0 Å². The van der Waals surface area contributed by atoms with Gasteiger partial charge in [-0.1, -0.05) is 17.3 Å². The summed E-state index contributed by atoms with van der Waals surface area (Å²) >= 11 is 0. The smallest absolute Gasteiger partial charge is 0.157 e. The van der Waals surface area contributed by atoms with Crippen LogP contribution in [0, 0.1) is 13.8 Å². The number of oxime groups is 1. The normalized spacial score (nSPS) is 27.6. The van der Waals surface area contributed by atoms with Gasteiger partial charge in [-0.2, -0.15) is 0 Å². The average Bonchev–Trinajstić information content (AvgIpc) is 2.91. The van der Waals surface area contributed by atoms with Gasteiger partial charge in [-0.3, -0.25) is 0 Å². The van der Waals surface area contributed by atoms with E-state index in [1.807, 2.05) is 0 Å². The summed E-state index contributed by atoms with van der Waals surface area (Å²) in [5.41, 5.74) is 4.91.